The fraction of sp³-hybridized carbons (Fsp3) is 0.292. The molecule has 1 aliphatic rings. The number of fused-ring (bicyclic) bond motifs is 1. The van der Waals surface area contributed by atoms with Crippen molar-refractivity contribution in [3.63, 3.8) is 0 Å². The van der Waals surface area contributed by atoms with Gasteiger partial charge in [-0.15, -0.1) is 0 Å². The molecule has 0 spiro atoms. The van der Waals surface area contributed by atoms with E-state index in [1.165, 1.54) is 18.3 Å². The van der Waals surface area contributed by atoms with Gasteiger partial charge in [-0.25, -0.2) is 23.7 Å². The number of pyridine rings is 1. The molecular weight excluding hydrogens is 454 g/mol. The van der Waals surface area contributed by atoms with Crippen molar-refractivity contribution in [1.29, 1.82) is 0 Å². The molecule has 0 unspecified atom stereocenters. The molecule has 35 heavy (non-hydrogen) atoms. The number of hydrogen-bond donors (Lipinski definition) is 2. The second-order valence-electron chi connectivity index (χ2n) is 8.18. The Kier molecular flexibility index (Phi) is 6.43. The lowest BCUT2D eigenvalue weighted by atomic mass is 10.1. The normalized spacial score (nSPS) is 14.0. The number of rotatable bonds is 7. The van der Waals surface area contributed by atoms with E-state index >= 15 is 0 Å². The van der Waals surface area contributed by atoms with Gasteiger partial charge in [-0.05, 0) is 37.5 Å². The number of ether oxygens (including phenoxy) is 1. The molecule has 0 amide bonds. The molecule has 1 aliphatic heterocycles. The van der Waals surface area contributed by atoms with Crippen molar-refractivity contribution in [1.82, 2.24) is 30.5 Å². The van der Waals surface area contributed by atoms with Crippen molar-refractivity contribution in [2.24, 2.45) is 4.99 Å². The minimum absolute atomic E-state index is 0.0583. The van der Waals surface area contributed by atoms with Crippen molar-refractivity contribution < 1.29 is 13.5 Å². The average molecular weight is 479 g/mol. The molecule has 180 valence electrons. The lowest BCUT2D eigenvalue weighted by Gasteiger charge is -2.29. The van der Waals surface area contributed by atoms with Gasteiger partial charge in [0.1, 0.15) is 34.2 Å². The van der Waals surface area contributed by atoms with Crippen molar-refractivity contribution in [2.45, 2.75) is 13.1 Å². The summed E-state index contributed by atoms with van der Waals surface area (Å²) in [4.78, 5) is 19.5. The van der Waals surface area contributed by atoms with Crippen LogP contribution in [0, 0.1) is 11.6 Å². The highest BCUT2D eigenvalue weighted by Crippen LogP contribution is 2.31. The van der Waals surface area contributed by atoms with Crippen LogP contribution in [0.5, 0.6) is 0 Å². The van der Waals surface area contributed by atoms with Crippen LogP contribution in [-0.2, 0) is 17.8 Å². The summed E-state index contributed by atoms with van der Waals surface area (Å²) in [7, 11) is 1.71. The number of H-pyrrole nitrogens is 1. The maximum Gasteiger partial charge on any atom is 0.165 e. The zero-order valence-corrected chi connectivity index (χ0v) is 19.2. The van der Waals surface area contributed by atoms with Crippen LogP contribution in [0.1, 0.15) is 11.1 Å². The predicted molar refractivity (Wildman–Crippen MR) is 129 cm³/mol. The summed E-state index contributed by atoms with van der Waals surface area (Å²) in [6.07, 6.45) is 3.18. The fourth-order valence-corrected chi connectivity index (χ4v) is 4.21. The van der Waals surface area contributed by atoms with Gasteiger partial charge in [-0.2, -0.15) is 5.10 Å². The monoisotopic (exact) mass is 478 g/mol. The first-order chi connectivity index (χ1) is 17.1. The Morgan fingerprint density at radius 2 is 1.91 bits per heavy atom. The Bertz CT molecular complexity index is 1360. The number of aliphatic imine (C=N–C) groups is 1. The van der Waals surface area contributed by atoms with Crippen LogP contribution in [0.4, 0.5) is 14.6 Å². The van der Waals surface area contributed by atoms with E-state index in [0.717, 1.165) is 24.5 Å². The third kappa shape index (κ3) is 4.47. The fourth-order valence-electron chi connectivity index (χ4n) is 4.21. The molecule has 9 nitrogen and oxygen atoms in total. The number of nitrogens with zero attached hydrogens (tertiary/aromatic N) is 6. The minimum atomic E-state index is -0.726. The number of nitrogens with one attached hydrogen (secondary N) is 2. The number of aromatic nitrogens is 5. The summed E-state index contributed by atoms with van der Waals surface area (Å²) in [6.45, 7) is 7.10. The summed E-state index contributed by atoms with van der Waals surface area (Å²) >= 11 is 0. The third-order valence-electron chi connectivity index (χ3n) is 5.82. The number of hydrogen-bond acceptors (Lipinski definition) is 8. The van der Waals surface area contributed by atoms with Gasteiger partial charge >= 0.3 is 0 Å². The van der Waals surface area contributed by atoms with Crippen LogP contribution in [0.15, 0.2) is 35.6 Å². The minimum Gasteiger partial charge on any atom is -0.378 e. The van der Waals surface area contributed by atoms with Gasteiger partial charge in [0, 0.05) is 37.0 Å². The zero-order chi connectivity index (χ0) is 24.4. The van der Waals surface area contributed by atoms with E-state index in [-0.39, 0.29) is 11.4 Å². The summed E-state index contributed by atoms with van der Waals surface area (Å²) in [5, 5.41) is 10.2. The first kappa shape index (κ1) is 22.9. The Hall–Kier alpha value is -3.83. The summed E-state index contributed by atoms with van der Waals surface area (Å²) < 4.78 is 35.1. The highest BCUT2D eigenvalue weighted by atomic mass is 19.1. The number of halogens is 2. The number of anilines is 1. The molecule has 3 aromatic heterocycles. The largest absolute Gasteiger partial charge is 0.378 e. The van der Waals surface area contributed by atoms with E-state index in [1.807, 2.05) is 6.07 Å². The molecule has 11 heteroatoms. The summed E-state index contributed by atoms with van der Waals surface area (Å²) in [5.41, 5.74) is 3.28. The second-order valence-corrected chi connectivity index (χ2v) is 8.18. The second kappa shape index (κ2) is 9.80. The van der Waals surface area contributed by atoms with E-state index in [9.17, 15) is 8.78 Å². The Morgan fingerprint density at radius 3 is 2.63 bits per heavy atom. The van der Waals surface area contributed by atoms with Gasteiger partial charge in [-0.3, -0.25) is 10.1 Å². The van der Waals surface area contributed by atoms with Crippen LogP contribution in [0.25, 0.3) is 33.7 Å². The zero-order valence-electron chi connectivity index (χ0n) is 19.2. The van der Waals surface area contributed by atoms with Crippen molar-refractivity contribution in [3.05, 3.63) is 53.4 Å². The molecule has 4 aromatic rings. The van der Waals surface area contributed by atoms with Gasteiger partial charge in [0.2, 0.25) is 0 Å². The first-order valence-electron chi connectivity index (χ1n) is 11.2. The average Bonchev–Trinajstić information content (AvgIpc) is 3.28. The van der Waals surface area contributed by atoms with Gasteiger partial charge in [-0.1, -0.05) is 0 Å². The smallest absolute Gasteiger partial charge is 0.165 e. The molecule has 1 aromatic carbocycles. The Labute approximate surface area is 200 Å². The summed E-state index contributed by atoms with van der Waals surface area (Å²) in [5.74, 6) is -0.687. The highest BCUT2D eigenvalue weighted by Gasteiger charge is 2.21. The maximum atomic E-state index is 14.8. The van der Waals surface area contributed by atoms with Gasteiger partial charge < -0.3 is 15.0 Å². The van der Waals surface area contributed by atoms with E-state index < -0.39 is 11.6 Å². The molecule has 4 heterocycles. The third-order valence-corrected chi connectivity index (χ3v) is 5.82. The lowest BCUT2D eigenvalue weighted by molar-refractivity contribution is 0.122. The van der Waals surface area contributed by atoms with Crippen LogP contribution < -0.4 is 10.2 Å². The summed E-state index contributed by atoms with van der Waals surface area (Å²) in [6, 6.07) is 4.50. The molecular formula is C24H24F2N8O. The first-order valence-corrected chi connectivity index (χ1v) is 11.2. The standard InChI is InChI=1S/C24H24F2N8O/c1-27-10-14-7-17(25)20(18(26)8-14)23-29-13-19-22(31-23)21(33-32-19)15-9-16(11-28-2)24(30-12-15)34-3-5-35-6-4-34/h7-9,12-13,27H,2-6,10-11H2,1H3,(H,32,33). The molecule has 0 bridgehead atoms. The van der Waals surface area contributed by atoms with Crippen molar-refractivity contribution in [3.8, 4) is 22.6 Å². The highest BCUT2D eigenvalue weighted by molar-refractivity contribution is 5.90. The van der Waals surface area contributed by atoms with Crippen LogP contribution >= 0.6 is 0 Å². The molecule has 0 radical (unpaired) electrons. The number of aromatic amines is 1. The van der Waals surface area contributed by atoms with Crippen molar-refractivity contribution in [2.75, 3.05) is 38.3 Å². The SMILES string of the molecule is C=NCc1cc(-c2n[nH]c3cnc(-c4c(F)cc(CNC)cc4F)nc23)cnc1N1CCOCC1. The Balaban J connectivity index is 1.57. The maximum absolute atomic E-state index is 14.8. The predicted octanol–water partition coefficient (Wildman–Crippen LogP) is 3.12. The van der Waals surface area contributed by atoms with Crippen LogP contribution in [0.2, 0.25) is 0 Å². The van der Waals surface area contributed by atoms with Gasteiger partial charge in [0.15, 0.2) is 5.82 Å². The molecule has 1 fully saturated rings. The molecule has 1 saturated heterocycles. The van der Waals surface area contributed by atoms with Crippen LogP contribution in [-0.4, -0.2) is 65.2 Å². The molecule has 2 N–H and O–H groups in total. The molecule has 0 atom stereocenters. The van der Waals surface area contributed by atoms with E-state index in [4.69, 9.17) is 4.74 Å². The van der Waals surface area contributed by atoms with E-state index in [0.29, 0.717) is 54.2 Å². The lowest BCUT2D eigenvalue weighted by Crippen LogP contribution is -2.37. The van der Waals surface area contributed by atoms with Crippen molar-refractivity contribution >= 4 is 23.6 Å². The van der Waals surface area contributed by atoms with E-state index in [2.05, 4.69) is 47.1 Å². The topological polar surface area (TPSA) is 104 Å². The van der Waals surface area contributed by atoms with E-state index in [1.54, 1.807) is 13.2 Å². The van der Waals surface area contributed by atoms with Gasteiger partial charge in [0.25, 0.3) is 0 Å². The Morgan fingerprint density at radius 1 is 1.14 bits per heavy atom. The number of benzene rings is 1. The molecule has 5 rings (SSSR count). The van der Waals surface area contributed by atoms with Crippen LogP contribution in [0.3, 0.4) is 0 Å². The van der Waals surface area contributed by atoms with Gasteiger partial charge in [0.05, 0.1) is 31.5 Å². The number of morpholine rings is 1. The molecule has 0 saturated carbocycles. The quantitative estimate of drug-likeness (QED) is 0.393. The molecule has 0 aliphatic carbocycles.